The predicted molar refractivity (Wildman–Crippen MR) is 82.2 cm³/mol. The van der Waals surface area contributed by atoms with E-state index in [-0.39, 0.29) is 0 Å². The van der Waals surface area contributed by atoms with Gasteiger partial charge in [0.1, 0.15) is 0 Å². The van der Waals surface area contributed by atoms with Crippen LogP contribution in [0.25, 0.3) is 0 Å². The molecule has 0 fully saturated rings. The molecule has 1 nitrogen and oxygen atoms in total. The molecule has 0 bridgehead atoms. The van der Waals surface area contributed by atoms with Gasteiger partial charge in [-0.1, -0.05) is 38.0 Å². The van der Waals surface area contributed by atoms with Crippen LogP contribution in [0.1, 0.15) is 37.9 Å². The first-order valence-corrected chi connectivity index (χ1v) is 10.3. The first kappa shape index (κ1) is 17.0. The molecule has 0 saturated carbocycles. The van der Waals surface area contributed by atoms with Gasteiger partial charge in [-0.2, -0.15) is 0 Å². The Labute approximate surface area is 121 Å². The van der Waals surface area contributed by atoms with Crippen LogP contribution in [0.15, 0.2) is 30.9 Å². The van der Waals surface area contributed by atoms with Crippen molar-refractivity contribution in [3.05, 3.63) is 48.1 Å². The number of benzene rings is 1. The quantitative estimate of drug-likeness (QED) is 0.448. The topological polar surface area (TPSA) is 9.23 Å². The van der Waals surface area contributed by atoms with E-state index < -0.39 is 26.1 Å². The molecule has 112 valence electrons. The third-order valence-electron chi connectivity index (χ3n) is 3.30. The molecule has 1 unspecified atom stereocenters. The second kappa shape index (κ2) is 7.69. The number of hydrogen-bond donors (Lipinski definition) is 0. The van der Waals surface area contributed by atoms with Gasteiger partial charge >= 0.3 is 0 Å². The summed E-state index contributed by atoms with van der Waals surface area (Å²) in [4.78, 5) is 0. The summed E-state index contributed by atoms with van der Waals surface area (Å²) in [5, 5.41) is 0. The van der Waals surface area contributed by atoms with Gasteiger partial charge in [-0.15, -0.1) is 6.58 Å². The SMILES string of the molecule is C=CCC(O[Si](C)(C)CCCC)c1cccc(F)c1F. The number of rotatable bonds is 8. The van der Waals surface area contributed by atoms with Gasteiger partial charge < -0.3 is 4.43 Å². The van der Waals surface area contributed by atoms with Crippen LogP contribution >= 0.6 is 0 Å². The van der Waals surface area contributed by atoms with Crippen LogP contribution in [0.3, 0.4) is 0 Å². The van der Waals surface area contributed by atoms with Gasteiger partial charge in [-0.25, -0.2) is 8.78 Å². The number of unbranched alkanes of at least 4 members (excludes halogenated alkanes) is 1. The molecule has 0 aromatic heterocycles. The molecular formula is C16H24F2OSi. The second-order valence-corrected chi connectivity index (χ2v) is 9.89. The van der Waals surface area contributed by atoms with E-state index in [0.29, 0.717) is 12.0 Å². The Morgan fingerprint density at radius 3 is 2.65 bits per heavy atom. The number of hydrogen-bond acceptors (Lipinski definition) is 1. The largest absolute Gasteiger partial charge is 0.410 e. The normalized spacial score (nSPS) is 13.2. The molecule has 0 N–H and O–H groups in total. The van der Waals surface area contributed by atoms with Crippen LogP contribution in [-0.2, 0) is 4.43 Å². The molecule has 0 radical (unpaired) electrons. The maximum atomic E-state index is 13.9. The fraction of sp³-hybridized carbons (Fsp3) is 0.500. The maximum Gasteiger partial charge on any atom is 0.187 e. The zero-order valence-electron chi connectivity index (χ0n) is 12.6. The van der Waals surface area contributed by atoms with Gasteiger partial charge in [0, 0.05) is 5.56 Å². The Hall–Kier alpha value is -1.00. The van der Waals surface area contributed by atoms with Crippen molar-refractivity contribution in [2.24, 2.45) is 0 Å². The van der Waals surface area contributed by atoms with Crippen molar-refractivity contribution in [2.45, 2.75) is 51.4 Å². The van der Waals surface area contributed by atoms with Crippen molar-refractivity contribution in [2.75, 3.05) is 0 Å². The standard InChI is InChI=1S/C16H24F2OSi/c1-5-7-12-20(3,4)19-15(9-6-2)13-10-8-11-14(17)16(13)18/h6,8,10-11,15H,2,5,7,9,12H2,1,3-4H3. The van der Waals surface area contributed by atoms with Crippen molar-refractivity contribution >= 4 is 8.32 Å². The van der Waals surface area contributed by atoms with Gasteiger partial charge in [0.15, 0.2) is 20.0 Å². The molecule has 0 saturated heterocycles. The highest BCUT2D eigenvalue weighted by Gasteiger charge is 2.28. The molecule has 0 aliphatic carbocycles. The second-order valence-electron chi connectivity index (χ2n) is 5.64. The van der Waals surface area contributed by atoms with Crippen LogP contribution in [0.4, 0.5) is 8.78 Å². The summed E-state index contributed by atoms with van der Waals surface area (Å²) in [6.45, 7) is 10.1. The number of halogens is 2. The highest BCUT2D eigenvalue weighted by Crippen LogP contribution is 2.30. The van der Waals surface area contributed by atoms with E-state index in [0.717, 1.165) is 25.0 Å². The third-order valence-corrected chi connectivity index (χ3v) is 5.78. The van der Waals surface area contributed by atoms with Crippen LogP contribution in [0, 0.1) is 11.6 Å². The van der Waals surface area contributed by atoms with Gasteiger partial charge in [-0.05, 0) is 31.6 Å². The molecule has 0 heterocycles. The molecule has 1 atom stereocenters. The van der Waals surface area contributed by atoms with Crippen molar-refractivity contribution in [1.29, 1.82) is 0 Å². The zero-order chi connectivity index (χ0) is 15.2. The highest BCUT2D eigenvalue weighted by molar-refractivity contribution is 6.71. The summed E-state index contributed by atoms with van der Waals surface area (Å²) >= 11 is 0. The average Bonchev–Trinajstić information content (AvgIpc) is 2.39. The van der Waals surface area contributed by atoms with E-state index in [9.17, 15) is 8.78 Å². The molecular weight excluding hydrogens is 274 g/mol. The molecule has 0 aliphatic rings. The molecule has 1 aromatic rings. The smallest absolute Gasteiger partial charge is 0.187 e. The predicted octanol–water partition coefficient (Wildman–Crippen LogP) is 5.60. The lowest BCUT2D eigenvalue weighted by molar-refractivity contribution is 0.191. The Morgan fingerprint density at radius 1 is 1.35 bits per heavy atom. The van der Waals surface area contributed by atoms with Crippen LogP contribution < -0.4 is 0 Å². The Kier molecular flexibility index (Phi) is 6.56. The van der Waals surface area contributed by atoms with Crippen LogP contribution in [-0.4, -0.2) is 8.32 Å². The van der Waals surface area contributed by atoms with Crippen LogP contribution in [0.2, 0.25) is 19.1 Å². The van der Waals surface area contributed by atoms with Crippen molar-refractivity contribution < 1.29 is 13.2 Å². The first-order valence-electron chi connectivity index (χ1n) is 7.14. The Balaban J connectivity index is 2.94. The summed E-state index contributed by atoms with van der Waals surface area (Å²) in [5.74, 6) is -1.63. The molecule has 0 spiro atoms. The van der Waals surface area contributed by atoms with Crippen molar-refractivity contribution in [3.63, 3.8) is 0 Å². The minimum atomic E-state index is -1.88. The summed E-state index contributed by atoms with van der Waals surface area (Å²) in [6.07, 6.45) is 3.95. The van der Waals surface area contributed by atoms with Gasteiger partial charge in [0.25, 0.3) is 0 Å². The summed E-state index contributed by atoms with van der Waals surface area (Å²) in [7, 11) is -1.88. The van der Waals surface area contributed by atoms with E-state index in [1.165, 1.54) is 6.07 Å². The van der Waals surface area contributed by atoms with Crippen molar-refractivity contribution in [1.82, 2.24) is 0 Å². The maximum absolute atomic E-state index is 13.9. The molecule has 0 amide bonds. The summed E-state index contributed by atoms with van der Waals surface area (Å²) < 4.78 is 33.5. The summed E-state index contributed by atoms with van der Waals surface area (Å²) in [6, 6.07) is 5.27. The molecule has 0 aliphatic heterocycles. The fourth-order valence-electron chi connectivity index (χ4n) is 2.21. The van der Waals surface area contributed by atoms with Gasteiger partial charge in [0.2, 0.25) is 0 Å². The van der Waals surface area contributed by atoms with E-state index in [4.69, 9.17) is 4.43 Å². The summed E-state index contributed by atoms with van der Waals surface area (Å²) in [5.41, 5.74) is 0.293. The molecule has 1 aromatic carbocycles. The third kappa shape index (κ3) is 4.83. The monoisotopic (exact) mass is 298 g/mol. The van der Waals surface area contributed by atoms with Crippen LogP contribution in [0.5, 0.6) is 0 Å². The van der Waals surface area contributed by atoms with E-state index in [1.54, 1.807) is 12.1 Å². The molecule has 20 heavy (non-hydrogen) atoms. The minimum Gasteiger partial charge on any atom is -0.410 e. The lowest BCUT2D eigenvalue weighted by Crippen LogP contribution is -2.32. The average molecular weight is 298 g/mol. The Morgan fingerprint density at radius 2 is 2.05 bits per heavy atom. The Bertz CT molecular complexity index is 446. The van der Waals surface area contributed by atoms with Gasteiger partial charge in [0.05, 0.1) is 6.10 Å². The van der Waals surface area contributed by atoms with E-state index >= 15 is 0 Å². The van der Waals surface area contributed by atoms with Gasteiger partial charge in [-0.3, -0.25) is 0 Å². The lowest BCUT2D eigenvalue weighted by Gasteiger charge is -2.29. The first-order chi connectivity index (χ1) is 9.41. The molecule has 1 rings (SSSR count). The zero-order valence-corrected chi connectivity index (χ0v) is 13.6. The van der Waals surface area contributed by atoms with E-state index in [1.807, 2.05) is 0 Å². The minimum absolute atomic E-state index is 0.293. The van der Waals surface area contributed by atoms with Crippen molar-refractivity contribution in [3.8, 4) is 0 Å². The lowest BCUT2D eigenvalue weighted by atomic mass is 10.1. The highest BCUT2D eigenvalue weighted by atomic mass is 28.4. The fourth-order valence-corrected chi connectivity index (χ4v) is 4.52. The van der Waals surface area contributed by atoms with E-state index in [2.05, 4.69) is 26.6 Å². The molecule has 4 heteroatoms.